The van der Waals surface area contributed by atoms with Crippen LogP contribution in [0.15, 0.2) is 29.1 Å². The number of carbonyl (C=O) groups excluding carboxylic acids is 1. The fourth-order valence-electron chi connectivity index (χ4n) is 3.18. The molecule has 0 fully saturated rings. The van der Waals surface area contributed by atoms with Gasteiger partial charge in [0.1, 0.15) is 17.1 Å². The van der Waals surface area contributed by atoms with Crippen LogP contribution in [0, 0.1) is 12.7 Å². The second-order valence-corrected chi connectivity index (χ2v) is 6.08. The van der Waals surface area contributed by atoms with Crippen LogP contribution in [0.5, 0.6) is 5.75 Å². The Morgan fingerprint density at radius 3 is 2.92 bits per heavy atom. The van der Waals surface area contributed by atoms with Crippen molar-refractivity contribution in [1.29, 1.82) is 0 Å². The Balaban J connectivity index is 2.06. The van der Waals surface area contributed by atoms with E-state index in [1.165, 1.54) is 12.1 Å². The zero-order chi connectivity index (χ0) is 18.0. The smallest absolute Gasteiger partial charge is 0.261 e. The number of halogens is 1. The first kappa shape index (κ1) is 17.2. The number of amides is 1. The molecule has 2 aromatic rings. The van der Waals surface area contributed by atoms with Crippen LogP contribution in [-0.2, 0) is 13.0 Å². The van der Waals surface area contributed by atoms with Crippen molar-refractivity contribution in [2.24, 2.45) is 0 Å². The minimum Gasteiger partial charge on any atom is -0.493 e. The topological polar surface area (TPSA) is 60.3 Å². The van der Waals surface area contributed by atoms with E-state index in [-0.39, 0.29) is 23.0 Å². The van der Waals surface area contributed by atoms with Crippen LogP contribution in [-0.4, -0.2) is 17.1 Å². The van der Waals surface area contributed by atoms with Gasteiger partial charge >= 0.3 is 0 Å². The Hall–Kier alpha value is -2.63. The van der Waals surface area contributed by atoms with E-state index in [1.54, 1.807) is 30.5 Å². The number of pyridine rings is 1. The highest BCUT2D eigenvalue weighted by atomic mass is 19.1. The molecule has 6 heteroatoms. The zero-order valence-electron chi connectivity index (χ0n) is 14.4. The van der Waals surface area contributed by atoms with Crippen molar-refractivity contribution in [1.82, 2.24) is 4.57 Å². The number of nitrogens with one attached hydrogen (secondary N) is 1. The lowest BCUT2D eigenvalue weighted by Gasteiger charge is -2.23. The molecule has 0 unspecified atom stereocenters. The zero-order valence-corrected chi connectivity index (χ0v) is 14.4. The van der Waals surface area contributed by atoms with Crippen molar-refractivity contribution in [2.45, 2.75) is 39.7 Å². The number of benzene rings is 1. The van der Waals surface area contributed by atoms with Gasteiger partial charge in [0.05, 0.1) is 6.61 Å². The van der Waals surface area contributed by atoms with Crippen LogP contribution in [0.1, 0.15) is 41.4 Å². The van der Waals surface area contributed by atoms with Gasteiger partial charge in [0.2, 0.25) is 0 Å². The summed E-state index contributed by atoms with van der Waals surface area (Å²) in [6, 6.07) is 5.91. The molecule has 0 saturated heterocycles. The molecule has 132 valence electrons. The summed E-state index contributed by atoms with van der Waals surface area (Å²) >= 11 is 0. The van der Waals surface area contributed by atoms with Gasteiger partial charge in [-0.25, -0.2) is 4.39 Å². The van der Waals surface area contributed by atoms with E-state index in [9.17, 15) is 14.0 Å². The minimum atomic E-state index is -0.386. The molecule has 1 aromatic heterocycles. The van der Waals surface area contributed by atoms with Crippen molar-refractivity contribution < 1.29 is 13.9 Å². The minimum absolute atomic E-state index is 0.156. The molecule has 1 N–H and O–H groups in total. The number of carbonyl (C=O) groups is 1. The fraction of sp³-hybridized carbons (Fsp3) is 0.368. The number of nitrogens with zero attached hydrogens (tertiary/aromatic N) is 1. The molecular formula is C19H21FN2O3. The number of ether oxygens (including phenoxy) is 1. The molecule has 0 radical (unpaired) electrons. The first-order valence-electron chi connectivity index (χ1n) is 8.49. The van der Waals surface area contributed by atoms with Crippen molar-refractivity contribution in [2.75, 3.05) is 11.9 Å². The van der Waals surface area contributed by atoms with Crippen molar-refractivity contribution >= 4 is 11.6 Å². The van der Waals surface area contributed by atoms with E-state index in [0.29, 0.717) is 42.1 Å². The van der Waals surface area contributed by atoms with Crippen molar-refractivity contribution in [3.63, 3.8) is 0 Å². The average Bonchev–Trinajstić information content (AvgIpc) is 2.59. The first-order chi connectivity index (χ1) is 12.0. The van der Waals surface area contributed by atoms with Crippen LogP contribution >= 0.6 is 0 Å². The lowest BCUT2D eigenvalue weighted by molar-refractivity contribution is 0.102. The summed E-state index contributed by atoms with van der Waals surface area (Å²) in [4.78, 5) is 25.2. The highest BCUT2D eigenvalue weighted by molar-refractivity contribution is 6.07. The van der Waals surface area contributed by atoms with Crippen LogP contribution in [0.4, 0.5) is 10.1 Å². The van der Waals surface area contributed by atoms with E-state index < -0.39 is 0 Å². The predicted octanol–water partition coefficient (Wildman–Crippen LogP) is 3.28. The van der Waals surface area contributed by atoms with Gasteiger partial charge in [0.15, 0.2) is 0 Å². The molecule has 2 heterocycles. The van der Waals surface area contributed by atoms with E-state index in [0.717, 1.165) is 12.8 Å². The molecule has 0 bridgehead atoms. The summed E-state index contributed by atoms with van der Waals surface area (Å²) < 4.78 is 20.9. The molecular weight excluding hydrogens is 323 g/mol. The summed E-state index contributed by atoms with van der Waals surface area (Å²) in [7, 11) is 0. The Labute approximate surface area is 145 Å². The van der Waals surface area contributed by atoms with Crippen molar-refractivity contribution in [3.05, 3.63) is 57.3 Å². The maximum Gasteiger partial charge on any atom is 0.261 e. The molecule has 1 aromatic carbocycles. The SMILES string of the molecule is CCOc1cc(=O)n2c(c1C(=O)Nc1cccc(F)c1C)CCCC2. The molecule has 0 aliphatic carbocycles. The highest BCUT2D eigenvalue weighted by Crippen LogP contribution is 2.27. The van der Waals surface area contributed by atoms with Crippen LogP contribution < -0.4 is 15.6 Å². The highest BCUT2D eigenvalue weighted by Gasteiger charge is 2.24. The second-order valence-electron chi connectivity index (χ2n) is 6.08. The normalized spacial score (nSPS) is 13.2. The molecule has 0 atom stereocenters. The average molecular weight is 344 g/mol. The van der Waals surface area contributed by atoms with E-state index >= 15 is 0 Å². The van der Waals surface area contributed by atoms with Crippen LogP contribution in [0.2, 0.25) is 0 Å². The van der Waals surface area contributed by atoms with Gasteiger partial charge in [0.25, 0.3) is 11.5 Å². The number of fused-ring (bicyclic) bond motifs is 1. The second kappa shape index (κ2) is 7.09. The Kier molecular flexibility index (Phi) is 4.88. The molecule has 1 amide bonds. The van der Waals surface area contributed by atoms with Gasteiger partial charge in [-0.15, -0.1) is 0 Å². The summed E-state index contributed by atoms with van der Waals surface area (Å²) in [5.74, 6) is -0.482. The lowest BCUT2D eigenvalue weighted by atomic mass is 10.0. The third kappa shape index (κ3) is 3.29. The van der Waals surface area contributed by atoms with Gasteiger partial charge in [-0.2, -0.15) is 0 Å². The Morgan fingerprint density at radius 1 is 1.36 bits per heavy atom. The number of hydrogen-bond acceptors (Lipinski definition) is 3. The molecule has 0 spiro atoms. The molecule has 1 aliphatic heterocycles. The summed E-state index contributed by atoms with van der Waals surface area (Å²) in [5.41, 5.74) is 1.68. The Morgan fingerprint density at radius 2 is 2.16 bits per heavy atom. The number of hydrogen-bond donors (Lipinski definition) is 1. The molecule has 3 rings (SSSR count). The lowest BCUT2D eigenvalue weighted by Crippen LogP contribution is -2.31. The maximum absolute atomic E-state index is 13.7. The van der Waals surface area contributed by atoms with E-state index in [2.05, 4.69) is 5.32 Å². The monoisotopic (exact) mass is 344 g/mol. The predicted molar refractivity (Wildman–Crippen MR) is 93.9 cm³/mol. The number of rotatable bonds is 4. The summed E-state index contributed by atoms with van der Waals surface area (Å²) in [5, 5.41) is 2.76. The number of aromatic nitrogens is 1. The largest absolute Gasteiger partial charge is 0.493 e. The third-order valence-corrected chi connectivity index (χ3v) is 4.47. The quantitative estimate of drug-likeness (QED) is 0.926. The van der Waals surface area contributed by atoms with Gasteiger partial charge in [0, 0.05) is 29.6 Å². The Bertz CT molecular complexity index is 874. The number of anilines is 1. The van der Waals surface area contributed by atoms with E-state index in [4.69, 9.17) is 4.74 Å². The van der Waals surface area contributed by atoms with Gasteiger partial charge < -0.3 is 14.6 Å². The van der Waals surface area contributed by atoms with Crippen LogP contribution in [0.3, 0.4) is 0 Å². The molecule has 25 heavy (non-hydrogen) atoms. The maximum atomic E-state index is 13.7. The van der Waals surface area contributed by atoms with Gasteiger partial charge in [-0.1, -0.05) is 6.07 Å². The van der Waals surface area contributed by atoms with Crippen LogP contribution in [0.25, 0.3) is 0 Å². The molecule has 0 saturated carbocycles. The van der Waals surface area contributed by atoms with Gasteiger partial charge in [-0.05, 0) is 45.2 Å². The third-order valence-electron chi connectivity index (χ3n) is 4.47. The first-order valence-corrected chi connectivity index (χ1v) is 8.49. The van der Waals surface area contributed by atoms with Crippen molar-refractivity contribution in [3.8, 4) is 5.75 Å². The molecule has 1 aliphatic rings. The summed E-state index contributed by atoms with van der Waals surface area (Å²) in [6.07, 6.45) is 2.46. The fourth-order valence-corrected chi connectivity index (χ4v) is 3.18. The standard InChI is InChI=1S/C19H21FN2O3/c1-3-25-16-11-17(23)22-10-5-4-9-15(22)18(16)19(24)21-14-8-6-7-13(20)12(14)2/h6-8,11H,3-5,9-10H2,1-2H3,(H,21,24). The summed E-state index contributed by atoms with van der Waals surface area (Å²) in [6.45, 7) is 4.36. The van der Waals surface area contributed by atoms with Gasteiger partial charge in [-0.3, -0.25) is 9.59 Å². The van der Waals surface area contributed by atoms with E-state index in [1.807, 2.05) is 0 Å². The molecule has 5 nitrogen and oxygen atoms in total.